The van der Waals surface area contributed by atoms with Crippen LogP contribution in [0.5, 0.6) is 23.0 Å². The van der Waals surface area contributed by atoms with E-state index < -0.39 is 5.41 Å². The van der Waals surface area contributed by atoms with Crippen LogP contribution in [0.3, 0.4) is 0 Å². The van der Waals surface area contributed by atoms with E-state index in [1.165, 1.54) is 0 Å². The number of ether oxygens (including phenoxy) is 2. The molecule has 0 amide bonds. The number of aromatic hydroxyl groups is 4. The van der Waals surface area contributed by atoms with Crippen molar-refractivity contribution in [3.63, 3.8) is 0 Å². The molecule has 4 aliphatic rings. The fourth-order valence-corrected chi connectivity index (χ4v) is 8.10. The van der Waals surface area contributed by atoms with Gasteiger partial charge in [0.2, 0.25) is 0 Å². The van der Waals surface area contributed by atoms with E-state index >= 15 is 0 Å². The van der Waals surface area contributed by atoms with E-state index in [0.29, 0.717) is 39.5 Å². The summed E-state index contributed by atoms with van der Waals surface area (Å²) in [6.45, 7) is 15.5. The number of phenolic OH excluding ortho intramolecular Hbond substituents is 4. The number of fused-ring (bicyclic) bond motifs is 4. The van der Waals surface area contributed by atoms with Crippen LogP contribution in [-0.2, 0) is 38.8 Å². The third-order valence-electron chi connectivity index (χ3n) is 9.63. The summed E-state index contributed by atoms with van der Waals surface area (Å²) in [6.07, 6.45) is 1.57. The monoisotopic (exact) mass is 538 g/mol. The molecular formula is C31H42N2O6. The molecule has 39 heavy (non-hydrogen) atoms. The molecule has 212 valence electrons. The zero-order valence-corrected chi connectivity index (χ0v) is 23.6. The smallest absolute Gasteiger partial charge is 0.162 e. The molecule has 0 atom stereocenters. The normalized spacial score (nSPS) is 23.7. The topological polar surface area (TPSA) is 106 Å². The molecule has 6 rings (SSSR count). The van der Waals surface area contributed by atoms with Gasteiger partial charge in [-0.2, -0.15) is 0 Å². The van der Waals surface area contributed by atoms with Crippen molar-refractivity contribution in [2.75, 3.05) is 52.6 Å². The van der Waals surface area contributed by atoms with Crippen LogP contribution < -0.4 is 0 Å². The molecule has 2 fully saturated rings. The van der Waals surface area contributed by atoms with Crippen molar-refractivity contribution < 1.29 is 29.9 Å². The van der Waals surface area contributed by atoms with Crippen molar-refractivity contribution in [2.24, 2.45) is 0 Å². The lowest BCUT2D eigenvalue weighted by molar-refractivity contribution is 0.0334. The number of phenols is 4. The first kappa shape index (κ1) is 26.7. The van der Waals surface area contributed by atoms with E-state index in [9.17, 15) is 20.4 Å². The Morgan fingerprint density at radius 2 is 1.00 bits per heavy atom. The predicted octanol–water partition coefficient (Wildman–Crippen LogP) is 3.82. The summed E-state index contributed by atoms with van der Waals surface area (Å²) in [4.78, 5) is 4.56. The van der Waals surface area contributed by atoms with E-state index in [2.05, 4.69) is 37.5 Å². The summed E-state index contributed by atoms with van der Waals surface area (Å²) >= 11 is 0. The number of nitrogens with zero attached hydrogens (tertiary/aromatic N) is 2. The summed E-state index contributed by atoms with van der Waals surface area (Å²) in [7, 11) is 0. The van der Waals surface area contributed by atoms with Gasteiger partial charge in [0, 0.05) is 55.8 Å². The van der Waals surface area contributed by atoms with Crippen molar-refractivity contribution in [1.82, 2.24) is 9.80 Å². The van der Waals surface area contributed by atoms with Crippen LogP contribution >= 0.6 is 0 Å². The minimum absolute atomic E-state index is 0.0543. The molecule has 2 saturated heterocycles. The molecule has 4 N–H and O–H groups in total. The first-order valence-corrected chi connectivity index (χ1v) is 14.2. The molecule has 2 aromatic rings. The van der Waals surface area contributed by atoms with E-state index in [-0.39, 0.29) is 33.8 Å². The summed E-state index contributed by atoms with van der Waals surface area (Å²) < 4.78 is 11.2. The number of rotatable bonds is 4. The lowest BCUT2D eigenvalue weighted by Crippen LogP contribution is -2.37. The van der Waals surface area contributed by atoms with Crippen molar-refractivity contribution >= 4 is 0 Å². The number of hydrogen-bond donors (Lipinski definition) is 4. The number of morpholine rings is 2. The Morgan fingerprint density at radius 1 is 0.641 bits per heavy atom. The lowest BCUT2D eigenvalue weighted by atomic mass is 9.70. The first-order chi connectivity index (χ1) is 18.4. The van der Waals surface area contributed by atoms with Gasteiger partial charge in [0.15, 0.2) is 23.0 Å². The largest absolute Gasteiger partial charge is 0.504 e. The van der Waals surface area contributed by atoms with Gasteiger partial charge in [-0.05, 0) is 58.1 Å². The minimum atomic E-state index is -0.489. The fourth-order valence-electron chi connectivity index (χ4n) is 8.10. The van der Waals surface area contributed by atoms with Crippen LogP contribution in [0.25, 0.3) is 0 Å². The van der Waals surface area contributed by atoms with Crippen LogP contribution in [0.15, 0.2) is 12.1 Å². The molecule has 1 spiro atoms. The molecule has 0 unspecified atom stereocenters. The van der Waals surface area contributed by atoms with Gasteiger partial charge in [-0.3, -0.25) is 9.80 Å². The maximum absolute atomic E-state index is 11.4. The van der Waals surface area contributed by atoms with Gasteiger partial charge in [0.25, 0.3) is 0 Å². The van der Waals surface area contributed by atoms with Crippen LogP contribution in [0.2, 0.25) is 0 Å². The maximum atomic E-state index is 11.4. The Morgan fingerprint density at radius 3 is 1.36 bits per heavy atom. The molecule has 2 aliphatic carbocycles. The molecule has 0 saturated carbocycles. The SMILES string of the molecule is CC1(C)CC2(CC(C)(C)c3cc(O)c(O)c(CN4CCOCC4)c32)c2c1cc(O)c(O)c2CN1CCOCC1. The minimum Gasteiger partial charge on any atom is -0.504 e. The van der Waals surface area contributed by atoms with Crippen molar-refractivity contribution in [3.05, 3.63) is 45.5 Å². The van der Waals surface area contributed by atoms with Gasteiger partial charge in [0.05, 0.1) is 26.4 Å². The van der Waals surface area contributed by atoms with Crippen molar-refractivity contribution in [3.8, 4) is 23.0 Å². The Balaban J connectivity index is 1.60. The quantitative estimate of drug-likeness (QED) is 0.436. The summed E-state index contributed by atoms with van der Waals surface area (Å²) in [5.74, 6) is -0.272. The first-order valence-electron chi connectivity index (χ1n) is 14.2. The van der Waals surface area contributed by atoms with Crippen molar-refractivity contribution in [1.29, 1.82) is 0 Å². The molecule has 0 radical (unpaired) electrons. The van der Waals surface area contributed by atoms with Gasteiger partial charge < -0.3 is 29.9 Å². The van der Waals surface area contributed by atoms with Gasteiger partial charge >= 0.3 is 0 Å². The van der Waals surface area contributed by atoms with E-state index in [4.69, 9.17) is 9.47 Å². The van der Waals surface area contributed by atoms with E-state index in [1.807, 2.05) is 0 Å². The third-order valence-corrected chi connectivity index (χ3v) is 9.63. The Bertz CT molecular complexity index is 1190. The van der Waals surface area contributed by atoms with Gasteiger partial charge in [-0.1, -0.05) is 27.7 Å². The molecule has 8 heteroatoms. The highest BCUT2D eigenvalue weighted by Gasteiger charge is 2.59. The molecule has 2 aromatic carbocycles. The highest BCUT2D eigenvalue weighted by molar-refractivity contribution is 5.70. The number of benzene rings is 2. The van der Waals surface area contributed by atoms with Crippen molar-refractivity contribution in [2.45, 2.75) is 69.9 Å². The zero-order valence-electron chi connectivity index (χ0n) is 23.6. The van der Waals surface area contributed by atoms with E-state index in [1.54, 1.807) is 12.1 Å². The average Bonchev–Trinajstić information content (AvgIpc) is 3.24. The lowest BCUT2D eigenvalue weighted by Gasteiger charge is -2.36. The zero-order chi connectivity index (χ0) is 27.7. The number of hydrogen-bond acceptors (Lipinski definition) is 8. The summed E-state index contributed by atoms with van der Waals surface area (Å²) in [5.41, 5.74) is 4.76. The van der Waals surface area contributed by atoms with Gasteiger partial charge in [0.1, 0.15) is 0 Å². The summed E-state index contributed by atoms with van der Waals surface area (Å²) in [6, 6.07) is 3.52. The van der Waals surface area contributed by atoms with E-state index in [0.717, 1.165) is 72.4 Å². The van der Waals surface area contributed by atoms with Crippen LogP contribution in [-0.4, -0.2) is 82.8 Å². The predicted molar refractivity (Wildman–Crippen MR) is 148 cm³/mol. The average molecular weight is 539 g/mol. The molecule has 0 bridgehead atoms. The molecule has 0 aromatic heterocycles. The Labute approximate surface area is 230 Å². The molecule has 8 nitrogen and oxygen atoms in total. The Hall–Kier alpha value is -2.52. The highest BCUT2D eigenvalue weighted by Crippen LogP contribution is 2.67. The second-order valence-corrected chi connectivity index (χ2v) is 13.3. The summed E-state index contributed by atoms with van der Waals surface area (Å²) in [5, 5.41) is 44.6. The third kappa shape index (κ3) is 4.19. The van der Waals surface area contributed by atoms with Crippen LogP contribution in [0.4, 0.5) is 0 Å². The van der Waals surface area contributed by atoms with Gasteiger partial charge in [-0.25, -0.2) is 0 Å². The highest BCUT2D eigenvalue weighted by atomic mass is 16.5. The fraction of sp³-hybridized carbons (Fsp3) is 0.613. The Kier molecular flexibility index (Phi) is 6.34. The maximum Gasteiger partial charge on any atom is 0.162 e. The van der Waals surface area contributed by atoms with Crippen LogP contribution in [0, 0.1) is 0 Å². The second kappa shape index (κ2) is 9.26. The molecule has 2 aliphatic heterocycles. The second-order valence-electron chi connectivity index (χ2n) is 13.3. The molecule has 2 heterocycles. The standard InChI is InChI=1S/C31H42N2O6/c1-29(2)17-31(25-19(15-32-5-9-38-10-6-32)27(36)23(34)13-21(25)29)18-30(3,4)22-14-24(35)28(37)20(26(22)31)16-33-7-11-39-12-8-33/h13-14,34-37H,5-12,15-18H2,1-4H3. The van der Waals surface area contributed by atoms with Gasteiger partial charge in [-0.15, -0.1) is 0 Å². The van der Waals surface area contributed by atoms with Crippen LogP contribution in [0.1, 0.15) is 73.9 Å². The molecular weight excluding hydrogens is 496 g/mol.